The van der Waals surface area contributed by atoms with Crippen molar-refractivity contribution in [2.45, 2.75) is 52.7 Å². The third-order valence-electron chi connectivity index (χ3n) is 4.02. The second-order valence-electron chi connectivity index (χ2n) is 6.25. The summed E-state index contributed by atoms with van der Waals surface area (Å²) in [4.78, 5) is 11.6. The summed E-state index contributed by atoms with van der Waals surface area (Å²) < 4.78 is 5.39. The summed E-state index contributed by atoms with van der Waals surface area (Å²) >= 11 is 0. The molecular weight excluding hydrogens is 228 g/mol. The fourth-order valence-corrected chi connectivity index (χ4v) is 2.41. The first-order valence-electron chi connectivity index (χ1n) is 6.90. The molecule has 0 bridgehead atoms. The molecule has 2 N–H and O–H groups in total. The van der Waals surface area contributed by atoms with Crippen LogP contribution in [0, 0.1) is 11.3 Å². The molecule has 18 heavy (non-hydrogen) atoms. The molecule has 0 aromatic heterocycles. The van der Waals surface area contributed by atoms with Crippen LogP contribution in [0.5, 0.6) is 0 Å². The van der Waals surface area contributed by atoms with E-state index in [4.69, 9.17) is 4.74 Å². The molecule has 0 aliphatic heterocycles. The smallest absolute Gasteiger partial charge is 0.233 e. The first-order chi connectivity index (χ1) is 8.37. The van der Waals surface area contributed by atoms with E-state index in [1.165, 1.54) is 0 Å². The van der Waals surface area contributed by atoms with Crippen molar-refractivity contribution in [1.82, 2.24) is 10.6 Å². The summed E-state index contributed by atoms with van der Waals surface area (Å²) in [5.41, 5.74) is 0.118. The van der Waals surface area contributed by atoms with Crippen molar-refractivity contribution in [2.75, 3.05) is 20.2 Å². The summed E-state index contributed by atoms with van der Waals surface area (Å²) in [7, 11) is 1.75. The van der Waals surface area contributed by atoms with Gasteiger partial charge in [0, 0.05) is 25.1 Å². The quantitative estimate of drug-likeness (QED) is 0.726. The van der Waals surface area contributed by atoms with Crippen molar-refractivity contribution in [3.8, 4) is 0 Å². The maximum absolute atomic E-state index is 11.6. The largest absolute Gasteiger partial charge is 0.381 e. The first kappa shape index (κ1) is 15.4. The van der Waals surface area contributed by atoms with Crippen LogP contribution in [0.3, 0.4) is 0 Å². The van der Waals surface area contributed by atoms with Crippen LogP contribution in [0.25, 0.3) is 0 Å². The lowest BCUT2D eigenvalue weighted by Gasteiger charge is -2.51. The summed E-state index contributed by atoms with van der Waals surface area (Å²) in [5, 5.41) is 6.26. The number of carbonyl (C=O) groups is 1. The second kappa shape index (κ2) is 6.53. The summed E-state index contributed by atoms with van der Waals surface area (Å²) in [6.07, 6.45) is 2.33. The van der Waals surface area contributed by atoms with Crippen LogP contribution in [-0.2, 0) is 9.53 Å². The minimum Gasteiger partial charge on any atom is -0.381 e. The molecule has 1 saturated carbocycles. The maximum Gasteiger partial charge on any atom is 0.233 e. The van der Waals surface area contributed by atoms with E-state index >= 15 is 0 Å². The highest BCUT2D eigenvalue weighted by atomic mass is 16.5. The van der Waals surface area contributed by atoms with E-state index in [0.29, 0.717) is 24.6 Å². The number of rotatable bonds is 7. The zero-order valence-corrected chi connectivity index (χ0v) is 12.4. The SMILES string of the molecule is COC1CC(NCC(=O)NCCC(C)C)C1(C)C. The average Bonchev–Trinajstić information content (AvgIpc) is 2.27. The summed E-state index contributed by atoms with van der Waals surface area (Å²) in [6.45, 7) is 9.85. The molecule has 2 atom stereocenters. The van der Waals surface area contributed by atoms with Gasteiger partial charge in [0.2, 0.25) is 5.91 Å². The van der Waals surface area contributed by atoms with Crippen LogP contribution in [0.15, 0.2) is 0 Å². The fraction of sp³-hybridized carbons (Fsp3) is 0.929. The van der Waals surface area contributed by atoms with Crippen molar-refractivity contribution in [2.24, 2.45) is 11.3 Å². The Bertz CT molecular complexity index is 277. The highest BCUT2D eigenvalue weighted by Crippen LogP contribution is 2.42. The Morgan fingerprint density at radius 1 is 1.44 bits per heavy atom. The molecule has 1 aliphatic carbocycles. The van der Waals surface area contributed by atoms with Gasteiger partial charge in [0.1, 0.15) is 0 Å². The lowest BCUT2D eigenvalue weighted by atomic mass is 9.64. The Balaban J connectivity index is 2.16. The van der Waals surface area contributed by atoms with Crippen LogP contribution >= 0.6 is 0 Å². The maximum atomic E-state index is 11.6. The molecule has 0 radical (unpaired) electrons. The third kappa shape index (κ3) is 3.95. The molecule has 4 nitrogen and oxygen atoms in total. The topological polar surface area (TPSA) is 50.4 Å². The van der Waals surface area contributed by atoms with Crippen LogP contribution in [-0.4, -0.2) is 38.3 Å². The molecule has 106 valence electrons. The zero-order valence-electron chi connectivity index (χ0n) is 12.4. The summed E-state index contributed by atoms with van der Waals surface area (Å²) in [5.74, 6) is 0.721. The zero-order chi connectivity index (χ0) is 13.8. The number of ether oxygens (including phenoxy) is 1. The van der Waals surface area contributed by atoms with E-state index in [1.807, 2.05) is 0 Å². The molecule has 1 aliphatic rings. The first-order valence-corrected chi connectivity index (χ1v) is 6.90. The predicted molar refractivity (Wildman–Crippen MR) is 73.5 cm³/mol. The number of methoxy groups -OCH3 is 1. The minimum atomic E-state index is 0.0901. The van der Waals surface area contributed by atoms with Gasteiger partial charge < -0.3 is 15.4 Å². The standard InChI is InChI=1S/C14H28N2O2/c1-10(2)6-7-15-13(17)9-16-11-8-12(18-5)14(11,3)4/h10-12,16H,6-9H2,1-5H3,(H,15,17). The minimum absolute atomic E-state index is 0.0901. The number of nitrogens with one attached hydrogen (secondary N) is 2. The van der Waals surface area contributed by atoms with Crippen molar-refractivity contribution in [3.05, 3.63) is 0 Å². The van der Waals surface area contributed by atoms with Gasteiger partial charge in [-0.2, -0.15) is 0 Å². The number of hydrogen-bond acceptors (Lipinski definition) is 3. The second-order valence-corrected chi connectivity index (χ2v) is 6.25. The Morgan fingerprint density at radius 3 is 2.61 bits per heavy atom. The van der Waals surface area contributed by atoms with Crippen molar-refractivity contribution in [3.63, 3.8) is 0 Å². The molecule has 1 rings (SSSR count). The van der Waals surface area contributed by atoms with E-state index in [-0.39, 0.29) is 11.3 Å². The number of carbonyl (C=O) groups excluding carboxylic acids is 1. The van der Waals surface area contributed by atoms with Gasteiger partial charge in [0.15, 0.2) is 0 Å². The number of amides is 1. The molecular formula is C14H28N2O2. The van der Waals surface area contributed by atoms with Gasteiger partial charge in [0.05, 0.1) is 12.6 Å². The Labute approximate surface area is 111 Å². The van der Waals surface area contributed by atoms with Gasteiger partial charge in [-0.15, -0.1) is 0 Å². The van der Waals surface area contributed by atoms with Gasteiger partial charge in [0.25, 0.3) is 0 Å². The average molecular weight is 256 g/mol. The van der Waals surface area contributed by atoms with Gasteiger partial charge >= 0.3 is 0 Å². The lowest BCUT2D eigenvalue weighted by molar-refractivity contribution is -0.123. The van der Waals surface area contributed by atoms with Gasteiger partial charge in [-0.1, -0.05) is 27.7 Å². The molecule has 1 amide bonds. The molecule has 0 aromatic carbocycles. The Kier molecular flexibility index (Phi) is 5.60. The molecule has 0 aromatic rings. The molecule has 2 unspecified atom stereocenters. The third-order valence-corrected chi connectivity index (χ3v) is 4.02. The fourth-order valence-electron chi connectivity index (χ4n) is 2.41. The van der Waals surface area contributed by atoms with E-state index < -0.39 is 0 Å². The van der Waals surface area contributed by atoms with E-state index in [0.717, 1.165) is 19.4 Å². The van der Waals surface area contributed by atoms with Crippen molar-refractivity contribution >= 4 is 5.91 Å². The van der Waals surface area contributed by atoms with Gasteiger partial charge in [-0.05, 0) is 18.8 Å². The highest BCUT2D eigenvalue weighted by molar-refractivity contribution is 5.78. The molecule has 4 heteroatoms. The molecule has 0 spiro atoms. The van der Waals surface area contributed by atoms with Crippen LogP contribution in [0.2, 0.25) is 0 Å². The molecule has 0 saturated heterocycles. The Morgan fingerprint density at radius 2 is 2.11 bits per heavy atom. The van der Waals surface area contributed by atoms with Crippen LogP contribution in [0.1, 0.15) is 40.5 Å². The Hall–Kier alpha value is -0.610. The highest BCUT2D eigenvalue weighted by Gasteiger charge is 2.48. The van der Waals surface area contributed by atoms with Crippen LogP contribution < -0.4 is 10.6 Å². The lowest BCUT2D eigenvalue weighted by Crippen LogP contribution is -2.61. The number of hydrogen-bond donors (Lipinski definition) is 2. The monoisotopic (exact) mass is 256 g/mol. The van der Waals surface area contributed by atoms with Gasteiger partial charge in [-0.3, -0.25) is 4.79 Å². The van der Waals surface area contributed by atoms with Crippen LogP contribution in [0.4, 0.5) is 0 Å². The summed E-state index contributed by atoms with van der Waals surface area (Å²) in [6, 6.07) is 0.373. The van der Waals surface area contributed by atoms with Gasteiger partial charge in [-0.25, -0.2) is 0 Å². The molecule has 0 heterocycles. The molecule has 1 fully saturated rings. The van der Waals surface area contributed by atoms with E-state index in [2.05, 4.69) is 38.3 Å². The van der Waals surface area contributed by atoms with Crippen molar-refractivity contribution < 1.29 is 9.53 Å². The normalized spacial score (nSPS) is 25.9. The predicted octanol–water partition coefficient (Wildman–Crippen LogP) is 1.55. The van der Waals surface area contributed by atoms with E-state index in [9.17, 15) is 4.79 Å². The van der Waals surface area contributed by atoms with Crippen molar-refractivity contribution in [1.29, 1.82) is 0 Å². The van der Waals surface area contributed by atoms with E-state index in [1.54, 1.807) is 7.11 Å².